The van der Waals surface area contributed by atoms with Gasteiger partial charge in [0.25, 0.3) is 5.91 Å². The fourth-order valence-corrected chi connectivity index (χ4v) is 1.76. The second-order valence-electron chi connectivity index (χ2n) is 3.37. The Bertz CT molecular complexity index is 414. The Hall–Kier alpha value is -1.02. The number of amides is 1. The van der Waals surface area contributed by atoms with Gasteiger partial charge >= 0.3 is 0 Å². The Labute approximate surface area is 110 Å². The van der Waals surface area contributed by atoms with Crippen molar-refractivity contribution in [2.75, 3.05) is 11.0 Å². The molecule has 0 radical (unpaired) electrons. The summed E-state index contributed by atoms with van der Waals surface area (Å²) in [6.45, 7) is 4.40. The fraction of sp³-hybridized carbons (Fsp3) is 0.308. The van der Waals surface area contributed by atoms with E-state index in [1.807, 2.05) is 31.2 Å². The molecule has 0 aliphatic heterocycles. The van der Waals surface area contributed by atoms with Crippen molar-refractivity contribution in [2.24, 2.45) is 0 Å². The third-order valence-corrected chi connectivity index (χ3v) is 2.58. The number of aryl methyl sites for hydroxylation is 1. The molecule has 1 rings (SSSR count). The van der Waals surface area contributed by atoms with Crippen LogP contribution >= 0.6 is 22.6 Å². The number of rotatable bonds is 3. The summed E-state index contributed by atoms with van der Waals surface area (Å²) in [6.07, 6.45) is 0. The Morgan fingerprint density at radius 1 is 1.38 bits per heavy atom. The van der Waals surface area contributed by atoms with Gasteiger partial charge in [-0.25, -0.2) is 0 Å². The van der Waals surface area contributed by atoms with Crippen molar-refractivity contribution in [3.8, 4) is 12.0 Å². The zero-order chi connectivity index (χ0) is 12.0. The lowest BCUT2D eigenvalue weighted by atomic mass is 10.1. The molecule has 0 unspecified atom stereocenters. The minimum atomic E-state index is -0.0222. The van der Waals surface area contributed by atoms with Gasteiger partial charge in [-0.1, -0.05) is 46.2 Å². The monoisotopic (exact) mass is 327 g/mol. The summed E-state index contributed by atoms with van der Waals surface area (Å²) in [5.74, 6) is 2.74. The molecule has 0 aliphatic rings. The van der Waals surface area contributed by atoms with Crippen LogP contribution in [-0.4, -0.2) is 21.8 Å². The van der Waals surface area contributed by atoms with E-state index in [0.717, 1.165) is 9.99 Å². The lowest BCUT2D eigenvalue weighted by molar-refractivity contribution is 0.0842. The summed E-state index contributed by atoms with van der Waals surface area (Å²) in [5.41, 5.74) is 1.84. The topological polar surface area (TPSA) is 20.3 Å². The zero-order valence-electron chi connectivity index (χ0n) is 9.46. The van der Waals surface area contributed by atoms with Crippen molar-refractivity contribution < 1.29 is 4.79 Å². The second kappa shape index (κ2) is 6.54. The van der Waals surface area contributed by atoms with Gasteiger partial charge in [-0.15, -0.1) is 0 Å². The highest BCUT2D eigenvalue weighted by molar-refractivity contribution is 14.1. The van der Waals surface area contributed by atoms with Crippen LogP contribution in [0.2, 0.25) is 0 Å². The third-order valence-electron chi connectivity index (χ3n) is 2.10. The van der Waals surface area contributed by atoms with Crippen LogP contribution in [0.5, 0.6) is 0 Å². The quantitative estimate of drug-likeness (QED) is 0.362. The molecule has 0 atom stereocenters. The standard InChI is InChI=1S/C13H14INO/c1-3-9-15(10-8-14)13(16)12-6-4-11(2)5-7-12/h4-7H,8,10H2,1-2H3. The second-order valence-corrected chi connectivity index (χ2v) is 4.45. The van der Waals surface area contributed by atoms with Crippen LogP contribution in [-0.2, 0) is 0 Å². The summed E-state index contributed by atoms with van der Waals surface area (Å²) < 4.78 is 0.879. The molecule has 0 aromatic heterocycles. The molecule has 3 heteroatoms. The first-order valence-corrected chi connectivity index (χ1v) is 6.58. The van der Waals surface area contributed by atoms with E-state index in [9.17, 15) is 4.79 Å². The van der Waals surface area contributed by atoms with Crippen molar-refractivity contribution in [3.05, 3.63) is 35.4 Å². The number of benzene rings is 1. The molecule has 1 amide bonds. The minimum absolute atomic E-state index is 0.0222. The summed E-state index contributed by atoms with van der Waals surface area (Å²) in [5, 5.41) is 0. The van der Waals surface area contributed by atoms with Gasteiger partial charge in [0.05, 0.1) is 0 Å². The average Bonchev–Trinajstić information content (AvgIpc) is 2.29. The van der Waals surface area contributed by atoms with Gasteiger partial charge in [0.15, 0.2) is 0 Å². The van der Waals surface area contributed by atoms with Crippen LogP contribution in [0.25, 0.3) is 0 Å². The van der Waals surface area contributed by atoms with Crippen LogP contribution in [0.4, 0.5) is 0 Å². The Kier molecular flexibility index (Phi) is 5.33. The van der Waals surface area contributed by atoms with Crippen molar-refractivity contribution in [1.82, 2.24) is 4.90 Å². The summed E-state index contributed by atoms with van der Waals surface area (Å²) in [6, 6.07) is 10.4. The van der Waals surface area contributed by atoms with E-state index in [0.29, 0.717) is 12.1 Å². The number of hydrogen-bond acceptors (Lipinski definition) is 1. The van der Waals surface area contributed by atoms with E-state index in [1.165, 1.54) is 0 Å². The number of halogens is 1. The summed E-state index contributed by atoms with van der Waals surface area (Å²) in [4.78, 5) is 13.6. The average molecular weight is 327 g/mol. The third kappa shape index (κ3) is 3.53. The molecule has 0 saturated carbocycles. The highest BCUT2D eigenvalue weighted by Crippen LogP contribution is 2.07. The van der Waals surface area contributed by atoms with Gasteiger partial charge in [0.1, 0.15) is 0 Å². The van der Waals surface area contributed by atoms with Crippen LogP contribution < -0.4 is 0 Å². The summed E-state index contributed by atoms with van der Waals surface area (Å²) in [7, 11) is 0. The van der Waals surface area contributed by atoms with Crippen molar-refractivity contribution >= 4 is 28.5 Å². The molecule has 2 nitrogen and oxygen atoms in total. The maximum atomic E-state index is 12.1. The first-order chi connectivity index (χ1) is 7.69. The Balaban J connectivity index is 2.88. The Morgan fingerprint density at radius 2 is 2.00 bits per heavy atom. The minimum Gasteiger partial charge on any atom is -0.268 e. The molecule has 0 aliphatic carbocycles. The smallest absolute Gasteiger partial charge is 0.265 e. The van der Waals surface area contributed by atoms with Crippen LogP contribution in [0.3, 0.4) is 0 Å². The number of alkyl halides is 1. The van der Waals surface area contributed by atoms with Crippen molar-refractivity contribution in [3.63, 3.8) is 0 Å². The molecule has 0 saturated heterocycles. The van der Waals surface area contributed by atoms with E-state index >= 15 is 0 Å². The summed E-state index contributed by atoms with van der Waals surface area (Å²) >= 11 is 2.24. The fourth-order valence-electron chi connectivity index (χ4n) is 1.28. The van der Waals surface area contributed by atoms with E-state index in [-0.39, 0.29) is 5.91 Å². The molecule has 0 N–H and O–H groups in total. The largest absolute Gasteiger partial charge is 0.268 e. The molecular formula is C13H14INO. The molecule has 84 valence electrons. The first kappa shape index (κ1) is 13.0. The van der Waals surface area contributed by atoms with Gasteiger partial charge in [-0.3, -0.25) is 9.69 Å². The van der Waals surface area contributed by atoms with Gasteiger partial charge in [0.2, 0.25) is 0 Å². The maximum Gasteiger partial charge on any atom is 0.265 e. The highest BCUT2D eigenvalue weighted by atomic mass is 127. The van der Waals surface area contributed by atoms with Crippen LogP contribution in [0.1, 0.15) is 22.8 Å². The molecular weight excluding hydrogens is 313 g/mol. The zero-order valence-corrected chi connectivity index (χ0v) is 11.6. The van der Waals surface area contributed by atoms with Gasteiger partial charge in [0, 0.05) is 22.6 Å². The molecule has 1 aromatic carbocycles. The lowest BCUT2D eigenvalue weighted by Gasteiger charge is -2.14. The van der Waals surface area contributed by atoms with E-state index < -0.39 is 0 Å². The van der Waals surface area contributed by atoms with Crippen molar-refractivity contribution in [2.45, 2.75) is 13.8 Å². The molecule has 0 heterocycles. The SMILES string of the molecule is CC#CN(CCI)C(=O)c1ccc(C)cc1. The lowest BCUT2D eigenvalue weighted by Crippen LogP contribution is -2.28. The molecule has 1 aromatic rings. The number of hydrogen-bond donors (Lipinski definition) is 0. The van der Waals surface area contributed by atoms with E-state index in [2.05, 4.69) is 34.6 Å². The number of carbonyl (C=O) groups excluding carboxylic acids is 1. The Morgan fingerprint density at radius 3 is 2.50 bits per heavy atom. The maximum absolute atomic E-state index is 12.1. The molecule has 0 bridgehead atoms. The van der Waals surface area contributed by atoms with Gasteiger partial charge in [-0.2, -0.15) is 0 Å². The van der Waals surface area contributed by atoms with Crippen LogP contribution in [0, 0.1) is 18.9 Å². The molecule has 16 heavy (non-hydrogen) atoms. The van der Waals surface area contributed by atoms with Gasteiger partial charge in [-0.05, 0) is 26.0 Å². The van der Waals surface area contributed by atoms with E-state index in [4.69, 9.17) is 0 Å². The molecule has 0 fully saturated rings. The normalized spacial score (nSPS) is 9.19. The number of carbonyl (C=O) groups is 1. The van der Waals surface area contributed by atoms with Crippen molar-refractivity contribution in [1.29, 1.82) is 0 Å². The predicted octanol–water partition coefficient (Wildman–Crippen LogP) is 2.85. The molecule has 0 spiro atoms. The first-order valence-electron chi connectivity index (χ1n) is 5.06. The number of nitrogens with zero attached hydrogens (tertiary/aromatic N) is 1. The highest BCUT2D eigenvalue weighted by Gasteiger charge is 2.12. The van der Waals surface area contributed by atoms with Crippen LogP contribution in [0.15, 0.2) is 24.3 Å². The van der Waals surface area contributed by atoms with Gasteiger partial charge < -0.3 is 0 Å². The van der Waals surface area contributed by atoms with E-state index in [1.54, 1.807) is 11.8 Å². The predicted molar refractivity (Wildman–Crippen MR) is 74.6 cm³/mol.